The molecule has 0 saturated carbocycles. The number of aromatic nitrogens is 2. The van der Waals surface area contributed by atoms with Gasteiger partial charge in [-0.2, -0.15) is 4.68 Å². The lowest BCUT2D eigenvalue weighted by molar-refractivity contribution is 0.611. The summed E-state index contributed by atoms with van der Waals surface area (Å²) in [4.78, 5) is 3.14. The van der Waals surface area contributed by atoms with E-state index in [1.54, 1.807) is 30.5 Å². The molecule has 1 heterocycles. The van der Waals surface area contributed by atoms with E-state index in [1.807, 2.05) is 0 Å². The quantitative estimate of drug-likeness (QED) is 0.629. The summed E-state index contributed by atoms with van der Waals surface area (Å²) in [6, 6.07) is 7.83. The van der Waals surface area contributed by atoms with Gasteiger partial charge in [-0.05, 0) is 23.3 Å². The van der Waals surface area contributed by atoms with Crippen LogP contribution in [0.4, 0.5) is 10.2 Å². The second-order valence-corrected chi connectivity index (χ2v) is 2.68. The standard InChI is InChI=1S/C10H6FN3/c1-12-10-6-7-14(13-10)9-5-3-2-4-8(9)11/h2-7H. The lowest BCUT2D eigenvalue weighted by Gasteiger charge is -1.97. The van der Waals surface area contributed by atoms with Gasteiger partial charge >= 0.3 is 0 Å². The van der Waals surface area contributed by atoms with Crippen molar-refractivity contribution in [2.45, 2.75) is 0 Å². The third kappa shape index (κ3) is 1.36. The minimum Gasteiger partial charge on any atom is -0.359 e. The maximum Gasteiger partial charge on any atom is 0.295 e. The second kappa shape index (κ2) is 3.30. The van der Waals surface area contributed by atoms with Crippen LogP contribution in [0.25, 0.3) is 10.5 Å². The topological polar surface area (TPSA) is 22.2 Å². The van der Waals surface area contributed by atoms with Gasteiger partial charge in [0.25, 0.3) is 5.82 Å². The summed E-state index contributed by atoms with van der Waals surface area (Å²) in [7, 11) is 0. The Morgan fingerprint density at radius 3 is 2.71 bits per heavy atom. The largest absolute Gasteiger partial charge is 0.359 e. The van der Waals surface area contributed by atoms with Gasteiger partial charge in [-0.1, -0.05) is 18.7 Å². The number of rotatable bonds is 1. The maximum absolute atomic E-state index is 13.3. The van der Waals surface area contributed by atoms with E-state index >= 15 is 0 Å². The molecule has 0 amide bonds. The van der Waals surface area contributed by atoms with E-state index in [0.717, 1.165) is 0 Å². The van der Waals surface area contributed by atoms with Crippen molar-refractivity contribution in [3.8, 4) is 5.69 Å². The highest BCUT2D eigenvalue weighted by molar-refractivity contribution is 5.38. The molecule has 0 aliphatic carbocycles. The van der Waals surface area contributed by atoms with E-state index in [4.69, 9.17) is 6.57 Å². The molecule has 0 aliphatic heterocycles. The highest BCUT2D eigenvalue weighted by Crippen LogP contribution is 2.14. The van der Waals surface area contributed by atoms with Crippen LogP contribution < -0.4 is 0 Å². The predicted molar refractivity (Wildman–Crippen MR) is 49.8 cm³/mol. The van der Waals surface area contributed by atoms with Gasteiger partial charge in [0.2, 0.25) is 0 Å². The van der Waals surface area contributed by atoms with Crippen LogP contribution in [-0.4, -0.2) is 9.78 Å². The van der Waals surface area contributed by atoms with E-state index in [2.05, 4.69) is 9.94 Å². The molecule has 0 unspecified atom stereocenters. The average molecular weight is 187 g/mol. The normalized spacial score (nSPS) is 9.71. The van der Waals surface area contributed by atoms with E-state index < -0.39 is 0 Å². The minimum atomic E-state index is -0.355. The fourth-order valence-corrected chi connectivity index (χ4v) is 1.15. The van der Waals surface area contributed by atoms with Gasteiger partial charge in [-0.15, -0.1) is 0 Å². The molecule has 0 fully saturated rings. The highest BCUT2D eigenvalue weighted by Gasteiger charge is 2.07. The van der Waals surface area contributed by atoms with Crippen LogP contribution in [0.2, 0.25) is 0 Å². The molecular formula is C10H6FN3. The van der Waals surface area contributed by atoms with Gasteiger partial charge in [0.1, 0.15) is 5.69 Å². The van der Waals surface area contributed by atoms with Crippen molar-refractivity contribution < 1.29 is 4.39 Å². The Bertz CT molecular complexity index is 496. The summed E-state index contributed by atoms with van der Waals surface area (Å²) in [6.45, 7) is 6.73. The Balaban J connectivity index is 2.51. The summed E-state index contributed by atoms with van der Waals surface area (Å²) in [6.07, 6.45) is 1.56. The molecular weight excluding hydrogens is 181 g/mol. The molecule has 0 radical (unpaired) electrons. The van der Waals surface area contributed by atoms with Crippen LogP contribution in [0, 0.1) is 12.4 Å². The Morgan fingerprint density at radius 2 is 2.07 bits per heavy atom. The fraction of sp³-hybridized carbons (Fsp3) is 0. The SMILES string of the molecule is [C-]#[N+]c1ccn(-c2ccccc2F)n1. The number of hydrogen-bond donors (Lipinski definition) is 0. The molecule has 14 heavy (non-hydrogen) atoms. The summed E-state index contributed by atoms with van der Waals surface area (Å²) in [5.74, 6) is -0.0969. The van der Waals surface area contributed by atoms with E-state index in [9.17, 15) is 4.39 Å². The number of nitrogens with zero attached hydrogens (tertiary/aromatic N) is 3. The van der Waals surface area contributed by atoms with Crippen LogP contribution in [0.1, 0.15) is 0 Å². The Morgan fingerprint density at radius 1 is 1.29 bits per heavy atom. The van der Waals surface area contributed by atoms with Crippen molar-refractivity contribution in [1.82, 2.24) is 9.78 Å². The van der Waals surface area contributed by atoms with Gasteiger partial charge in [0.15, 0.2) is 5.82 Å². The van der Waals surface area contributed by atoms with Crippen molar-refractivity contribution in [1.29, 1.82) is 0 Å². The summed E-state index contributed by atoms with van der Waals surface area (Å²) in [5.41, 5.74) is 0.349. The van der Waals surface area contributed by atoms with E-state index in [-0.39, 0.29) is 11.6 Å². The van der Waals surface area contributed by atoms with Crippen LogP contribution >= 0.6 is 0 Å². The number of para-hydroxylation sites is 1. The number of halogens is 1. The first-order chi connectivity index (χ1) is 6.81. The molecule has 2 rings (SSSR count). The molecule has 0 N–H and O–H groups in total. The molecule has 0 spiro atoms. The van der Waals surface area contributed by atoms with Gasteiger partial charge in [0, 0.05) is 6.20 Å². The third-order valence-corrected chi connectivity index (χ3v) is 1.79. The van der Waals surface area contributed by atoms with Crippen LogP contribution in [0.15, 0.2) is 36.5 Å². The first kappa shape index (κ1) is 8.45. The summed E-state index contributed by atoms with van der Waals surface area (Å²) < 4.78 is 14.6. The highest BCUT2D eigenvalue weighted by atomic mass is 19.1. The zero-order valence-electron chi connectivity index (χ0n) is 7.18. The van der Waals surface area contributed by atoms with Crippen LogP contribution in [0.5, 0.6) is 0 Å². The number of hydrogen-bond acceptors (Lipinski definition) is 1. The molecule has 4 heteroatoms. The summed E-state index contributed by atoms with van der Waals surface area (Å²) >= 11 is 0. The smallest absolute Gasteiger partial charge is 0.295 e. The fourth-order valence-electron chi connectivity index (χ4n) is 1.15. The lowest BCUT2D eigenvalue weighted by atomic mass is 10.3. The molecule has 68 valence electrons. The molecule has 0 atom stereocenters. The Kier molecular flexibility index (Phi) is 1.99. The van der Waals surface area contributed by atoms with Crippen LogP contribution in [-0.2, 0) is 0 Å². The molecule has 1 aromatic carbocycles. The zero-order valence-corrected chi connectivity index (χ0v) is 7.18. The minimum absolute atomic E-state index is 0.258. The van der Waals surface area contributed by atoms with Crippen molar-refractivity contribution >= 4 is 5.82 Å². The molecule has 3 nitrogen and oxygen atoms in total. The van der Waals surface area contributed by atoms with Crippen molar-refractivity contribution in [2.75, 3.05) is 0 Å². The van der Waals surface area contributed by atoms with Gasteiger partial charge < -0.3 is 4.85 Å². The molecule has 0 bridgehead atoms. The van der Waals surface area contributed by atoms with Gasteiger partial charge in [-0.3, -0.25) is 0 Å². The lowest BCUT2D eigenvalue weighted by Crippen LogP contribution is -1.96. The first-order valence-electron chi connectivity index (χ1n) is 3.99. The third-order valence-electron chi connectivity index (χ3n) is 1.79. The van der Waals surface area contributed by atoms with Crippen molar-refractivity contribution in [3.63, 3.8) is 0 Å². The van der Waals surface area contributed by atoms with Crippen molar-refractivity contribution in [3.05, 3.63) is 53.8 Å². The maximum atomic E-state index is 13.3. The molecule has 2 aromatic rings. The Hall–Kier alpha value is -2.15. The first-order valence-corrected chi connectivity index (χ1v) is 3.99. The van der Waals surface area contributed by atoms with E-state index in [1.165, 1.54) is 10.7 Å². The summed E-state index contributed by atoms with van der Waals surface area (Å²) in [5, 5.41) is 3.88. The van der Waals surface area contributed by atoms with Gasteiger partial charge in [-0.25, -0.2) is 4.39 Å². The van der Waals surface area contributed by atoms with Gasteiger partial charge in [0.05, 0.1) is 0 Å². The molecule has 0 saturated heterocycles. The Labute approximate surface area is 80.2 Å². The van der Waals surface area contributed by atoms with E-state index in [0.29, 0.717) is 5.69 Å². The number of benzene rings is 1. The van der Waals surface area contributed by atoms with Crippen LogP contribution in [0.3, 0.4) is 0 Å². The molecule has 1 aromatic heterocycles. The predicted octanol–water partition coefficient (Wildman–Crippen LogP) is 2.56. The zero-order chi connectivity index (χ0) is 9.97. The van der Waals surface area contributed by atoms with Crippen molar-refractivity contribution in [2.24, 2.45) is 0 Å². The monoisotopic (exact) mass is 187 g/mol. The molecule has 0 aliphatic rings. The second-order valence-electron chi connectivity index (χ2n) is 2.68. The average Bonchev–Trinajstić information content (AvgIpc) is 2.67.